The SMILES string of the molecule is Cc1c(C(=O)OCc2cc(-c3ccc(Cl)cc3)on2)cccc1[N+](=O)[O-]. The van der Waals surface area contributed by atoms with Crippen LogP contribution >= 0.6 is 11.6 Å². The first-order valence-electron chi connectivity index (χ1n) is 7.58. The van der Waals surface area contributed by atoms with E-state index in [0.717, 1.165) is 5.56 Å². The maximum absolute atomic E-state index is 12.2. The van der Waals surface area contributed by atoms with Crippen molar-refractivity contribution in [1.29, 1.82) is 0 Å². The first-order valence-corrected chi connectivity index (χ1v) is 7.96. The number of rotatable bonds is 5. The number of hydrogen-bond acceptors (Lipinski definition) is 6. The molecule has 0 spiro atoms. The van der Waals surface area contributed by atoms with Gasteiger partial charge in [-0.2, -0.15) is 0 Å². The summed E-state index contributed by atoms with van der Waals surface area (Å²) < 4.78 is 10.4. The van der Waals surface area contributed by atoms with Gasteiger partial charge >= 0.3 is 5.97 Å². The van der Waals surface area contributed by atoms with Crippen LogP contribution in [0.25, 0.3) is 11.3 Å². The van der Waals surface area contributed by atoms with Gasteiger partial charge in [0.05, 0.1) is 10.5 Å². The zero-order valence-corrected chi connectivity index (χ0v) is 14.4. The molecular formula is C18H13ClN2O5. The van der Waals surface area contributed by atoms with Gasteiger partial charge < -0.3 is 9.26 Å². The van der Waals surface area contributed by atoms with Crippen LogP contribution in [0.15, 0.2) is 53.1 Å². The van der Waals surface area contributed by atoms with Gasteiger partial charge in [-0.25, -0.2) is 4.79 Å². The highest BCUT2D eigenvalue weighted by Gasteiger charge is 2.19. The van der Waals surface area contributed by atoms with Crippen LogP contribution in [0.5, 0.6) is 0 Å². The number of ether oxygens (including phenoxy) is 1. The maximum Gasteiger partial charge on any atom is 0.339 e. The minimum Gasteiger partial charge on any atom is -0.455 e. The molecule has 7 nitrogen and oxygen atoms in total. The molecule has 26 heavy (non-hydrogen) atoms. The Morgan fingerprint density at radius 2 is 2.00 bits per heavy atom. The summed E-state index contributed by atoms with van der Waals surface area (Å²) in [6.45, 7) is 1.39. The molecule has 0 unspecified atom stereocenters. The maximum atomic E-state index is 12.2. The van der Waals surface area contributed by atoms with E-state index >= 15 is 0 Å². The van der Waals surface area contributed by atoms with Gasteiger partial charge in [0.2, 0.25) is 0 Å². The van der Waals surface area contributed by atoms with Gasteiger partial charge in [0.1, 0.15) is 12.3 Å². The van der Waals surface area contributed by atoms with Gasteiger partial charge in [-0.05, 0) is 37.3 Å². The molecule has 0 saturated heterocycles. The number of carbonyl (C=O) groups is 1. The number of carbonyl (C=O) groups excluding carboxylic acids is 1. The summed E-state index contributed by atoms with van der Waals surface area (Å²) in [6, 6.07) is 12.9. The lowest BCUT2D eigenvalue weighted by atomic mass is 10.1. The van der Waals surface area contributed by atoms with E-state index < -0.39 is 10.9 Å². The number of nitro groups is 1. The summed E-state index contributed by atoms with van der Waals surface area (Å²) in [6.07, 6.45) is 0. The molecule has 0 bridgehead atoms. The van der Waals surface area contributed by atoms with E-state index in [1.165, 1.54) is 25.1 Å². The average Bonchev–Trinajstić information content (AvgIpc) is 3.09. The van der Waals surface area contributed by atoms with Crippen LogP contribution in [0.1, 0.15) is 21.6 Å². The number of nitrogens with zero attached hydrogens (tertiary/aromatic N) is 2. The molecule has 3 rings (SSSR count). The lowest BCUT2D eigenvalue weighted by Gasteiger charge is -2.05. The summed E-state index contributed by atoms with van der Waals surface area (Å²) in [5.74, 6) is -0.151. The fourth-order valence-corrected chi connectivity index (χ4v) is 2.52. The number of aromatic nitrogens is 1. The second kappa shape index (κ2) is 7.37. The quantitative estimate of drug-likeness (QED) is 0.370. The number of benzene rings is 2. The molecule has 0 saturated carbocycles. The molecule has 2 aromatic carbocycles. The van der Waals surface area contributed by atoms with Crippen LogP contribution < -0.4 is 0 Å². The van der Waals surface area contributed by atoms with Crippen molar-refractivity contribution >= 4 is 23.3 Å². The van der Waals surface area contributed by atoms with Crippen LogP contribution in [0, 0.1) is 17.0 Å². The van der Waals surface area contributed by atoms with Crippen molar-refractivity contribution < 1.29 is 19.0 Å². The molecule has 8 heteroatoms. The molecule has 0 radical (unpaired) electrons. The van der Waals surface area contributed by atoms with E-state index in [4.69, 9.17) is 20.9 Å². The minimum absolute atomic E-state index is 0.113. The van der Waals surface area contributed by atoms with Crippen molar-refractivity contribution in [3.05, 3.63) is 80.5 Å². The number of nitro benzene ring substituents is 1. The van der Waals surface area contributed by atoms with Crippen molar-refractivity contribution in [2.24, 2.45) is 0 Å². The minimum atomic E-state index is -0.665. The van der Waals surface area contributed by atoms with Crippen LogP contribution in [-0.2, 0) is 11.3 Å². The third-order valence-electron chi connectivity index (χ3n) is 3.76. The second-order valence-electron chi connectivity index (χ2n) is 5.47. The van der Waals surface area contributed by atoms with Crippen LogP contribution in [0.2, 0.25) is 5.02 Å². The van der Waals surface area contributed by atoms with E-state index in [9.17, 15) is 14.9 Å². The standard InChI is InChI=1S/C18H13ClN2O5/c1-11-15(3-2-4-16(11)21(23)24)18(22)25-10-14-9-17(26-20-14)12-5-7-13(19)8-6-12/h2-9H,10H2,1H3. The Hall–Kier alpha value is -3.19. The Morgan fingerprint density at radius 1 is 1.27 bits per heavy atom. The first kappa shape index (κ1) is 17.6. The van der Waals surface area contributed by atoms with Gasteiger partial charge in [-0.15, -0.1) is 0 Å². The van der Waals surface area contributed by atoms with Crippen molar-refractivity contribution in [2.75, 3.05) is 0 Å². The molecular weight excluding hydrogens is 360 g/mol. The number of esters is 1. The lowest BCUT2D eigenvalue weighted by molar-refractivity contribution is -0.385. The molecule has 132 valence electrons. The van der Waals surface area contributed by atoms with Gasteiger partial charge in [-0.1, -0.05) is 22.8 Å². The number of hydrogen-bond donors (Lipinski definition) is 0. The normalized spacial score (nSPS) is 10.5. The van der Waals surface area contributed by atoms with E-state index in [1.807, 2.05) is 0 Å². The molecule has 0 N–H and O–H groups in total. The van der Waals surface area contributed by atoms with Crippen LogP contribution in [-0.4, -0.2) is 16.0 Å². The van der Waals surface area contributed by atoms with Gasteiger partial charge in [-0.3, -0.25) is 10.1 Å². The van der Waals surface area contributed by atoms with Gasteiger partial charge in [0.15, 0.2) is 5.76 Å². The summed E-state index contributed by atoms with van der Waals surface area (Å²) in [5.41, 5.74) is 1.47. The van der Waals surface area contributed by atoms with E-state index in [-0.39, 0.29) is 23.4 Å². The molecule has 0 aliphatic carbocycles. The third-order valence-corrected chi connectivity index (χ3v) is 4.01. The Kier molecular flexibility index (Phi) is 4.99. The smallest absolute Gasteiger partial charge is 0.339 e. The van der Waals surface area contributed by atoms with Crippen molar-refractivity contribution in [1.82, 2.24) is 5.16 Å². The predicted molar refractivity (Wildman–Crippen MR) is 93.9 cm³/mol. The second-order valence-corrected chi connectivity index (χ2v) is 5.91. The first-order chi connectivity index (χ1) is 12.5. The largest absolute Gasteiger partial charge is 0.455 e. The van der Waals surface area contributed by atoms with Crippen LogP contribution in [0.3, 0.4) is 0 Å². The predicted octanol–water partition coefficient (Wildman–Crippen LogP) is 4.57. The highest BCUT2D eigenvalue weighted by Crippen LogP contribution is 2.24. The molecule has 0 fully saturated rings. The summed E-state index contributed by atoms with van der Waals surface area (Å²) in [4.78, 5) is 22.6. The van der Waals surface area contributed by atoms with E-state index in [1.54, 1.807) is 30.3 Å². The Morgan fingerprint density at radius 3 is 2.69 bits per heavy atom. The average molecular weight is 373 g/mol. The molecule has 0 atom stereocenters. The highest BCUT2D eigenvalue weighted by molar-refractivity contribution is 6.30. The Balaban J connectivity index is 1.70. The van der Waals surface area contributed by atoms with Crippen molar-refractivity contribution in [3.8, 4) is 11.3 Å². The van der Waals surface area contributed by atoms with Crippen LogP contribution in [0.4, 0.5) is 5.69 Å². The zero-order valence-electron chi connectivity index (χ0n) is 13.6. The van der Waals surface area contributed by atoms with Gasteiger partial charge in [0.25, 0.3) is 5.69 Å². The number of halogens is 1. The van der Waals surface area contributed by atoms with Crippen molar-refractivity contribution in [3.63, 3.8) is 0 Å². The molecule has 0 aliphatic heterocycles. The topological polar surface area (TPSA) is 95.5 Å². The molecule has 1 heterocycles. The molecule has 1 aromatic heterocycles. The highest BCUT2D eigenvalue weighted by atomic mass is 35.5. The Bertz CT molecular complexity index is 966. The van der Waals surface area contributed by atoms with Gasteiger partial charge in [0, 0.05) is 28.3 Å². The fourth-order valence-electron chi connectivity index (χ4n) is 2.39. The lowest BCUT2D eigenvalue weighted by Crippen LogP contribution is -2.08. The third kappa shape index (κ3) is 3.73. The summed E-state index contributed by atoms with van der Waals surface area (Å²) in [7, 11) is 0. The van der Waals surface area contributed by atoms with E-state index in [0.29, 0.717) is 16.5 Å². The Labute approximate surface area is 153 Å². The molecule has 0 aliphatic rings. The van der Waals surface area contributed by atoms with E-state index in [2.05, 4.69) is 5.16 Å². The van der Waals surface area contributed by atoms with Crippen molar-refractivity contribution in [2.45, 2.75) is 13.5 Å². The summed E-state index contributed by atoms with van der Waals surface area (Å²) in [5, 5.41) is 15.4. The monoisotopic (exact) mass is 372 g/mol. The summed E-state index contributed by atoms with van der Waals surface area (Å²) >= 11 is 5.84. The molecule has 3 aromatic rings. The molecule has 0 amide bonds. The zero-order chi connectivity index (χ0) is 18.7. The fraction of sp³-hybridized carbons (Fsp3) is 0.111.